The molecule has 0 bridgehead atoms. The van der Waals surface area contributed by atoms with Gasteiger partial charge in [0.15, 0.2) is 0 Å². The van der Waals surface area contributed by atoms with E-state index in [1.165, 1.54) is 0 Å². The minimum atomic E-state index is -0.503. The SMILES string of the molecule is COC1(c2noc([C@@H]3C[C@@H](O)CN3)n2)CCOCC1. The average molecular weight is 269 g/mol. The second-order valence-corrected chi connectivity index (χ2v) is 5.12. The number of β-amino-alcohol motifs (C(OH)–C–C–N with tert-alkyl or cyclic N) is 1. The number of methoxy groups -OCH3 is 1. The van der Waals surface area contributed by atoms with Crippen molar-refractivity contribution in [1.82, 2.24) is 15.5 Å². The summed E-state index contributed by atoms with van der Waals surface area (Å²) in [6.45, 7) is 1.84. The van der Waals surface area contributed by atoms with Crippen LogP contribution < -0.4 is 5.32 Å². The molecular weight excluding hydrogens is 250 g/mol. The van der Waals surface area contributed by atoms with E-state index in [9.17, 15) is 5.11 Å². The molecule has 106 valence electrons. The first kappa shape index (κ1) is 13.0. The first-order chi connectivity index (χ1) is 9.23. The van der Waals surface area contributed by atoms with Crippen LogP contribution >= 0.6 is 0 Å². The second kappa shape index (κ2) is 5.16. The van der Waals surface area contributed by atoms with Gasteiger partial charge in [0.05, 0.1) is 12.1 Å². The molecule has 0 saturated carbocycles. The van der Waals surface area contributed by atoms with E-state index >= 15 is 0 Å². The van der Waals surface area contributed by atoms with Gasteiger partial charge in [-0.3, -0.25) is 0 Å². The number of nitrogens with one attached hydrogen (secondary N) is 1. The largest absolute Gasteiger partial charge is 0.392 e. The third-order valence-corrected chi connectivity index (χ3v) is 3.95. The molecule has 1 aromatic heterocycles. The summed E-state index contributed by atoms with van der Waals surface area (Å²) in [7, 11) is 1.67. The lowest BCUT2D eigenvalue weighted by Crippen LogP contribution is -2.36. The van der Waals surface area contributed by atoms with E-state index in [1.807, 2.05) is 0 Å². The molecule has 2 N–H and O–H groups in total. The van der Waals surface area contributed by atoms with E-state index in [0.717, 1.165) is 12.8 Å². The maximum atomic E-state index is 9.52. The molecule has 2 fully saturated rings. The van der Waals surface area contributed by atoms with E-state index in [-0.39, 0.29) is 12.1 Å². The van der Waals surface area contributed by atoms with Gasteiger partial charge in [0, 0.05) is 39.7 Å². The van der Waals surface area contributed by atoms with E-state index in [0.29, 0.717) is 37.9 Å². The molecule has 0 radical (unpaired) electrons. The molecule has 2 aliphatic rings. The molecule has 2 aliphatic heterocycles. The van der Waals surface area contributed by atoms with Crippen molar-refractivity contribution < 1.29 is 19.1 Å². The average Bonchev–Trinajstić information content (AvgIpc) is 3.08. The van der Waals surface area contributed by atoms with Crippen LogP contribution in [-0.2, 0) is 15.1 Å². The second-order valence-electron chi connectivity index (χ2n) is 5.12. The molecule has 1 aromatic rings. The Morgan fingerprint density at radius 3 is 2.84 bits per heavy atom. The normalized spacial score (nSPS) is 30.6. The zero-order valence-corrected chi connectivity index (χ0v) is 11.0. The van der Waals surface area contributed by atoms with Crippen molar-refractivity contribution in [2.75, 3.05) is 26.9 Å². The van der Waals surface area contributed by atoms with Gasteiger partial charge in [-0.25, -0.2) is 0 Å². The fraction of sp³-hybridized carbons (Fsp3) is 0.833. The fourth-order valence-electron chi connectivity index (χ4n) is 2.69. The summed E-state index contributed by atoms with van der Waals surface area (Å²) in [6.07, 6.45) is 1.71. The summed E-state index contributed by atoms with van der Waals surface area (Å²) in [5.41, 5.74) is -0.503. The quantitative estimate of drug-likeness (QED) is 0.805. The summed E-state index contributed by atoms with van der Waals surface area (Å²) < 4.78 is 16.3. The highest BCUT2D eigenvalue weighted by Crippen LogP contribution is 2.34. The number of aliphatic hydroxyl groups is 1. The molecule has 19 heavy (non-hydrogen) atoms. The molecule has 0 spiro atoms. The van der Waals surface area contributed by atoms with Crippen LogP contribution in [0, 0.1) is 0 Å². The van der Waals surface area contributed by atoms with Gasteiger partial charge in [-0.05, 0) is 6.42 Å². The third-order valence-electron chi connectivity index (χ3n) is 3.95. The van der Waals surface area contributed by atoms with Crippen LogP contribution in [0.25, 0.3) is 0 Å². The van der Waals surface area contributed by atoms with E-state index in [2.05, 4.69) is 15.5 Å². The van der Waals surface area contributed by atoms with Gasteiger partial charge in [-0.15, -0.1) is 0 Å². The lowest BCUT2D eigenvalue weighted by atomic mass is 9.93. The molecule has 2 atom stereocenters. The highest BCUT2D eigenvalue weighted by molar-refractivity contribution is 5.06. The van der Waals surface area contributed by atoms with Crippen LogP contribution in [0.15, 0.2) is 4.52 Å². The number of aliphatic hydroxyl groups excluding tert-OH is 1. The smallest absolute Gasteiger partial charge is 0.243 e. The Bertz CT molecular complexity index is 430. The Morgan fingerprint density at radius 1 is 1.42 bits per heavy atom. The molecule has 7 heteroatoms. The van der Waals surface area contributed by atoms with Gasteiger partial charge >= 0.3 is 0 Å². The molecule has 0 aliphatic carbocycles. The lowest BCUT2D eigenvalue weighted by Gasteiger charge is -2.32. The summed E-state index contributed by atoms with van der Waals surface area (Å²) in [5, 5.41) is 16.7. The molecule has 0 amide bonds. The maximum Gasteiger partial charge on any atom is 0.243 e. The Kier molecular flexibility index (Phi) is 3.53. The first-order valence-corrected chi connectivity index (χ1v) is 6.62. The van der Waals surface area contributed by atoms with Crippen molar-refractivity contribution in [2.45, 2.75) is 37.0 Å². The van der Waals surface area contributed by atoms with E-state index in [1.54, 1.807) is 7.11 Å². The Balaban J connectivity index is 1.79. The summed E-state index contributed by atoms with van der Waals surface area (Å²) in [4.78, 5) is 4.46. The minimum Gasteiger partial charge on any atom is -0.392 e. The molecule has 0 unspecified atom stereocenters. The van der Waals surface area contributed by atoms with Gasteiger partial charge in [0.1, 0.15) is 5.60 Å². The van der Waals surface area contributed by atoms with Crippen LogP contribution in [-0.4, -0.2) is 48.2 Å². The van der Waals surface area contributed by atoms with Gasteiger partial charge in [-0.2, -0.15) is 4.98 Å². The Hall–Kier alpha value is -1.02. The van der Waals surface area contributed by atoms with Crippen molar-refractivity contribution in [3.8, 4) is 0 Å². The highest BCUT2D eigenvalue weighted by atomic mass is 16.5. The Morgan fingerprint density at radius 2 is 2.21 bits per heavy atom. The highest BCUT2D eigenvalue weighted by Gasteiger charge is 2.40. The number of hydrogen-bond donors (Lipinski definition) is 2. The van der Waals surface area contributed by atoms with Crippen LogP contribution in [0.5, 0.6) is 0 Å². The summed E-state index contributed by atoms with van der Waals surface area (Å²) in [6, 6.07) is -0.0648. The molecule has 3 rings (SSSR count). The molecule has 7 nitrogen and oxygen atoms in total. The zero-order valence-electron chi connectivity index (χ0n) is 11.0. The van der Waals surface area contributed by atoms with Crippen molar-refractivity contribution in [1.29, 1.82) is 0 Å². The topological polar surface area (TPSA) is 89.6 Å². The molecule has 3 heterocycles. The maximum absolute atomic E-state index is 9.52. The third kappa shape index (κ3) is 2.38. The number of hydrogen-bond acceptors (Lipinski definition) is 7. The van der Waals surface area contributed by atoms with Crippen LogP contribution in [0.2, 0.25) is 0 Å². The van der Waals surface area contributed by atoms with Gasteiger partial charge in [-0.1, -0.05) is 5.16 Å². The monoisotopic (exact) mass is 269 g/mol. The van der Waals surface area contributed by atoms with Gasteiger partial charge < -0.3 is 24.4 Å². The van der Waals surface area contributed by atoms with Crippen LogP contribution in [0.1, 0.15) is 37.0 Å². The zero-order chi connectivity index (χ0) is 13.3. The van der Waals surface area contributed by atoms with Crippen LogP contribution in [0.3, 0.4) is 0 Å². The molecule has 0 aromatic carbocycles. The van der Waals surface area contributed by atoms with Gasteiger partial charge in [0.2, 0.25) is 11.7 Å². The number of nitrogens with zero attached hydrogens (tertiary/aromatic N) is 2. The van der Waals surface area contributed by atoms with Crippen molar-refractivity contribution in [2.24, 2.45) is 0 Å². The molecular formula is C12H19N3O4. The number of aromatic nitrogens is 2. The van der Waals surface area contributed by atoms with E-state index in [4.69, 9.17) is 14.0 Å². The number of rotatable bonds is 3. The minimum absolute atomic E-state index is 0.0648. The van der Waals surface area contributed by atoms with Crippen LogP contribution in [0.4, 0.5) is 0 Å². The number of ether oxygens (including phenoxy) is 2. The summed E-state index contributed by atoms with van der Waals surface area (Å²) in [5.74, 6) is 1.10. The lowest BCUT2D eigenvalue weighted by molar-refractivity contribution is -0.101. The predicted octanol–water partition coefficient (Wildman–Crippen LogP) is 0.117. The fourth-order valence-corrected chi connectivity index (χ4v) is 2.69. The van der Waals surface area contributed by atoms with Crippen molar-refractivity contribution in [3.63, 3.8) is 0 Å². The molecule has 2 saturated heterocycles. The predicted molar refractivity (Wildman–Crippen MR) is 64.4 cm³/mol. The Labute approximate surface area is 111 Å². The van der Waals surface area contributed by atoms with Crippen molar-refractivity contribution in [3.05, 3.63) is 11.7 Å². The van der Waals surface area contributed by atoms with Crippen molar-refractivity contribution >= 4 is 0 Å². The standard InChI is InChI=1S/C12H19N3O4/c1-17-12(2-4-18-5-3-12)11-14-10(19-15-11)9-6-8(16)7-13-9/h8-9,13,16H,2-7H2,1H3/t8-,9+/m1/s1. The van der Waals surface area contributed by atoms with E-state index < -0.39 is 5.60 Å². The first-order valence-electron chi connectivity index (χ1n) is 6.62. The summed E-state index contributed by atoms with van der Waals surface area (Å²) >= 11 is 0. The van der Waals surface area contributed by atoms with Gasteiger partial charge in [0.25, 0.3) is 0 Å².